The van der Waals surface area contributed by atoms with Gasteiger partial charge in [0.05, 0.1) is 6.04 Å². The molecule has 0 heterocycles. The quantitative estimate of drug-likeness (QED) is 0.775. The Labute approximate surface area is 122 Å². The van der Waals surface area contributed by atoms with Crippen LogP contribution in [0.3, 0.4) is 0 Å². The lowest BCUT2D eigenvalue weighted by molar-refractivity contribution is -0.122. The third kappa shape index (κ3) is 4.52. The van der Waals surface area contributed by atoms with E-state index in [-0.39, 0.29) is 12.3 Å². The average molecular weight is 337 g/mol. The number of benzene rings is 1. The minimum atomic E-state index is -0.287. The normalized spacial score (nSPS) is 13.0. The summed E-state index contributed by atoms with van der Waals surface area (Å²) in [5.41, 5.74) is 1.07. The van der Waals surface area contributed by atoms with Crippen molar-refractivity contribution >= 4 is 27.5 Å². The van der Waals surface area contributed by atoms with Crippen molar-refractivity contribution in [3.63, 3.8) is 0 Å². The number of methoxy groups -OCH3 is 2. The highest BCUT2D eigenvalue weighted by molar-refractivity contribution is 9.10. The van der Waals surface area contributed by atoms with Crippen molar-refractivity contribution in [1.29, 1.82) is 0 Å². The molecule has 0 aliphatic heterocycles. The largest absolute Gasteiger partial charge is 0.354 e. The van der Waals surface area contributed by atoms with Crippen LogP contribution >= 0.6 is 27.5 Å². The number of likely N-dealkylation sites (N-methyl/N-ethyl adjacent to an activating group) is 1. The summed E-state index contributed by atoms with van der Waals surface area (Å²) < 4.78 is 11.6. The second-order valence-corrected chi connectivity index (χ2v) is 5.27. The van der Waals surface area contributed by atoms with Crippen LogP contribution in [0, 0.1) is 0 Å². The fourth-order valence-electron chi connectivity index (χ4n) is 1.88. The summed E-state index contributed by atoms with van der Waals surface area (Å²) in [4.78, 5) is 0. The van der Waals surface area contributed by atoms with Gasteiger partial charge in [-0.1, -0.05) is 40.5 Å². The zero-order valence-electron chi connectivity index (χ0n) is 10.9. The molecular formula is C13H19BrClNO2. The van der Waals surface area contributed by atoms with E-state index in [0.29, 0.717) is 0 Å². The van der Waals surface area contributed by atoms with Crippen molar-refractivity contribution in [2.45, 2.75) is 25.7 Å². The molecule has 0 bridgehead atoms. The number of hydrogen-bond acceptors (Lipinski definition) is 3. The summed E-state index contributed by atoms with van der Waals surface area (Å²) in [6.07, 6.45) is 0.469. The van der Waals surface area contributed by atoms with Crippen LogP contribution in [-0.4, -0.2) is 33.1 Å². The van der Waals surface area contributed by atoms with Gasteiger partial charge in [0.1, 0.15) is 0 Å². The van der Waals surface area contributed by atoms with Crippen LogP contribution in [0.4, 0.5) is 0 Å². The topological polar surface area (TPSA) is 30.5 Å². The second kappa shape index (κ2) is 8.12. The van der Waals surface area contributed by atoms with E-state index >= 15 is 0 Å². The molecule has 0 amide bonds. The second-order valence-electron chi connectivity index (χ2n) is 3.94. The Balaban J connectivity index is 2.82. The molecule has 0 aliphatic rings. The van der Waals surface area contributed by atoms with E-state index < -0.39 is 0 Å². The van der Waals surface area contributed by atoms with Crippen molar-refractivity contribution in [2.75, 3.05) is 20.8 Å². The van der Waals surface area contributed by atoms with Crippen LogP contribution < -0.4 is 5.32 Å². The molecule has 0 aromatic heterocycles. The zero-order chi connectivity index (χ0) is 13.5. The molecule has 18 heavy (non-hydrogen) atoms. The maximum Gasteiger partial charge on any atom is 0.172 e. The predicted octanol–water partition coefficient (Wildman–Crippen LogP) is 3.24. The Bertz CT molecular complexity index is 372. The molecule has 0 saturated carbocycles. The van der Waals surface area contributed by atoms with Gasteiger partial charge < -0.3 is 14.8 Å². The van der Waals surface area contributed by atoms with E-state index in [1.165, 1.54) is 0 Å². The summed E-state index contributed by atoms with van der Waals surface area (Å²) in [6, 6.07) is 5.97. The molecule has 1 N–H and O–H groups in total. The molecule has 0 spiro atoms. The maximum absolute atomic E-state index is 6.23. The van der Waals surface area contributed by atoms with Crippen LogP contribution in [0.25, 0.3) is 0 Å². The Morgan fingerprint density at radius 2 is 2.00 bits per heavy atom. The molecule has 0 fully saturated rings. The molecule has 1 aromatic carbocycles. The molecule has 1 unspecified atom stereocenters. The first-order chi connectivity index (χ1) is 8.62. The third-order valence-electron chi connectivity index (χ3n) is 2.71. The summed E-state index contributed by atoms with van der Waals surface area (Å²) in [5.74, 6) is 0. The minimum absolute atomic E-state index is 0.0728. The molecule has 0 saturated heterocycles. The Hall–Kier alpha value is -0.130. The minimum Gasteiger partial charge on any atom is -0.354 e. The molecule has 1 atom stereocenters. The summed E-state index contributed by atoms with van der Waals surface area (Å²) in [6.45, 7) is 2.90. The summed E-state index contributed by atoms with van der Waals surface area (Å²) >= 11 is 9.63. The maximum atomic E-state index is 6.23. The molecule has 1 rings (SSSR count). The van der Waals surface area contributed by atoms with Gasteiger partial charge in [0.25, 0.3) is 0 Å². The molecule has 3 nitrogen and oxygen atoms in total. The summed E-state index contributed by atoms with van der Waals surface area (Å²) in [7, 11) is 3.28. The van der Waals surface area contributed by atoms with E-state index in [2.05, 4.69) is 28.2 Å². The first-order valence-corrected chi connectivity index (χ1v) is 7.02. The van der Waals surface area contributed by atoms with Crippen molar-refractivity contribution in [3.8, 4) is 0 Å². The van der Waals surface area contributed by atoms with E-state index in [0.717, 1.165) is 28.0 Å². The van der Waals surface area contributed by atoms with Gasteiger partial charge in [-0.25, -0.2) is 0 Å². The standard InChI is InChI=1S/C13H19BrClNO2/c1-4-16-12(13(17-2)18-3)7-9-5-6-10(14)8-11(9)15/h5-6,8,12-13,16H,4,7H2,1-3H3. The lowest BCUT2D eigenvalue weighted by Gasteiger charge is -2.25. The number of ether oxygens (including phenoxy) is 2. The highest BCUT2D eigenvalue weighted by atomic mass is 79.9. The lowest BCUT2D eigenvalue weighted by atomic mass is 10.1. The number of hydrogen-bond donors (Lipinski definition) is 1. The van der Waals surface area contributed by atoms with Gasteiger partial charge in [0, 0.05) is 23.7 Å². The van der Waals surface area contributed by atoms with Gasteiger partial charge in [-0.05, 0) is 30.7 Å². The average Bonchev–Trinajstić information content (AvgIpc) is 2.34. The van der Waals surface area contributed by atoms with Gasteiger partial charge in [-0.15, -0.1) is 0 Å². The number of halogens is 2. The van der Waals surface area contributed by atoms with Gasteiger partial charge >= 0.3 is 0 Å². The third-order valence-corrected chi connectivity index (χ3v) is 3.56. The van der Waals surface area contributed by atoms with Crippen molar-refractivity contribution in [2.24, 2.45) is 0 Å². The van der Waals surface area contributed by atoms with Gasteiger partial charge in [-0.2, -0.15) is 0 Å². The Morgan fingerprint density at radius 1 is 1.33 bits per heavy atom. The van der Waals surface area contributed by atoms with Crippen LogP contribution in [0.15, 0.2) is 22.7 Å². The van der Waals surface area contributed by atoms with Gasteiger partial charge in [-0.3, -0.25) is 0 Å². The zero-order valence-corrected chi connectivity index (χ0v) is 13.2. The van der Waals surface area contributed by atoms with Crippen molar-refractivity contribution in [1.82, 2.24) is 5.32 Å². The Morgan fingerprint density at radius 3 is 2.50 bits per heavy atom. The van der Waals surface area contributed by atoms with E-state index in [9.17, 15) is 0 Å². The van der Waals surface area contributed by atoms with Crippen molar-refractivity contribution in [3.05, 3.63) is 33.3 Å². The van der Waals surface area contributed by atoms with E-state index in [1.54, 1.807) is 14.2 Å². The fraction of sp³-hybridized carbons (Fsp3) is 0.538. The molecule has 0 aliphatic carbocycles. The smallest absolute Gasteiger partial charge is 0.172 e. The van der Waals surface area contributed by atoms with E-state index in [1.807, 2.05) is 18.2 Å². The lowest BCUT2D eigenvalue weighted by Crippen LogP contribution is -2.43. The monoisotopic (exact) mass is 335 g/mol. The van der Waals surface area contributed by atoms with Gasteiger partial charge in [0.15, 0.2) is 6.29 Å². The molecule has 1 aromatic rings. The van der Waals surface area contributed by atoms with Crippen molar-refractivity contribution < 1.29 is 9.47 Å². The highest BCUT2D eigenvalue weighted by Gasteiger charge is 2.21. The van der Waals surface area contributed by atoms with Crippen LogP contribution in [-0.2, 0) is 15.9 Å². The Kier molecular flexibility index (Phi) is 7.19. The first-order valence-electron chi connectivity index (χ1n) is 5.85. The number of rotatable bonds is 7. The molecule has 5 heteroatoms. The van der Waals surface area contributed by atoms with Crippen LogP contribution in [0.2, 0.25) is 5.02 Å². The highest BCUT2D eigenvalue weighted by Crippen LogP contribution is 2.23. The van der Waals surface area contributed by atoms with Gasteiger partial charge in [0.2, 0.25) is 0 Å². The van der Waals surface area contributed by atoms with Crippen LogP contribution in [0.1, 0.15) is 12.5 Å². The summed E-state index contributed by atoms with van der Waals surface area (Å²) in [5, 5.41) is 4.10. The molecule has 102 valence electrons. The molecular weight excluding hydrogens is 318 g/mol. The first kappa shape index (κ1) is 15.9. The SMILES string of the molecule is CCNC(Cc1ccc(Br)cc1Cl)C(OC)OC. The van der Waals surface area contributed by atoms with E-state index in [4.69, 9.17) is 21.1 Å². The predicted molar refractivity (Wildman–Crippen MR) is 78.1 cm³/mol. The fourth-order valence-corrected chi connectivity index (χ4v) is 2.63. The number of nitrogens with one attached hydrogen (secondary N) is 1. The van der Waals surface area contributed by atoms with Crippen LogP contribution in [0.5, 0.6) is 0 Å². The molecule has 0 radical (unpaired) electrons.